The van der Waals surface area contributed by atoms with Crippen LogP contribution in [0.5, 0.6) is 5.75 Å². The van der Waals surface area contributed by atoms with Gasteiger partial charge in [0.25, 0.3) is 5.91 Å². The number of piperazine rings is 1. The van der Waals surface area contributed by atoms with Crippen LogP contribution in [-0.2, 0) is 4.79 Å². The summed E-state index contributed by atoms with van der Waals surface area (Å²) in [6.45, 7) is 2.77. The summed E-state index contributed by atoms with van der Waals surface area (Å²) in [7, 11) is 3.48. The number of carbonyl (C=O) groups excluding carboxylic acids is 2. The molecule has 1 saturated heterocycles. The SMILES string of the molecule is CN(C)C(=O)CN1CCN(C(=O)c2ccc3ccccc3c2O)CC1. The number of nitrogens with zero attached hydrogens (tertiary/aromatic N) is 3. The second-order valence-corrected chi connectivity index (χ2v) is 6.54. The molecule has 2 amide bonds. The molecule has 0 bridgehead atoms. The average Bonchev–Trinajstić information content (AvgIpc) is 2.62. The van der Waals surface area contributed by atoms with E-state index in [-0.39, 0.29) is 17.6 Å². The van der Waals surface area contributed by atoms with Gasteiger partial charge in [0.1, 0.15) is 5.75 Å². The Hall–Kier alpha value is -2.60. The molecular weight excluding hydrogens is 318 g/mol. The highest BCUT2D eigenvalue weighted by atomic mass is 16.3. The lowest BCUT2D eigenvalue weighted by atomic mass is 10.0. The molecular formula is C19H23N3O3. The molecule has 0 unspecified atom stereocenters. The van der Waals surface area contributed by atoms with Gasteiger partial charge < -0.3 is 14.9 Å². The average molecular weight is 341 g/mol. The number of fused-ring (bicyclic) bond motifs is 1. The summed E-state index contributed by atoms with van der Waals surface area (Å²) in [6, 6.07) is 11.0. The molecule has 1 N–H and O–H groups in total. The van der Waals surface area contributed by atoms with Crippen LogP contribution in [0, 0.1) is 0 Å². The van der Waals surface area contributed by atoms with Crippen LogP contribution >= 0.6 is 0 Å². The van der Waals surface area contributed by atoms with Gasteiger partial charge >= 0.3 is 0 Å². The molecule has 3 rings (SSSR count). The van der Waals surface area contributed by atoms with Gasteiger partial charge in [0.05, 0.1) is 12.1 Å². The number of carbonyl (C=O) groups is 2. The summed E-state index contributed by atoms with van der Waals surface area (Å²) < 4.78 is 0. The Kier molecular flexibility index (Phi) is 4.90. The van der Waals surface area contributed by atoms with Gasteiger partial charge in [-0.25, -0.2) is 0 Å². The van der Waals surface area contributed by atoms with Crippen LogP contribution in [0.2, 0.25) is 0 Å². The first-order valence-corrected chi connectivity index (χ1v) is 8.40. The summed E-state index contributed by atoms with van der Waals surface area (Å²) >= 11 is 0. The van der Waals surface area contributed by atoms with E-state index < -0.39 is 0 Å². The molecule has 2 aromatic rings. The lowest BCUT2D eigenvalue weighted by Crippen LogP contribution is -2.51. The smallest absolute Gasteiger partial charge is 0.257 e. The van der Waals surface area contributed by atoms with Crippen molar-refractivity contribution >= 4 is 22.6 Å². The predicted octanol–water partition coefficient (Wildman–Crippen LogP) is 1.39. The minimum Gasteiger partial charge on any atom is -0.506 e. The van der Waals surface area contributed by atoms with Crippen molar-refractivity contribution in [1.29, 1.82) is 0 Å². The molecule has 0 aromatic heterocycles. The van der Waals surface area contributed by atoms with Crippen molar-refractivity contribution in [2.75, 3.05) is 46.8 Å². The van der Waals surface area contributed by atoms with Crippen LogP contribution in [0.1, 0.15) is 10.4 Å². The van der Waals surface area contributed by atoms with Crippen molar-refractivity contribution in [3.05, 3.63) is 42.0 Å². The van der Waals surface area contributed by atoms with E-state index in [0.717, 1.165) is 5.39 Å². The van der Waals surface area contributed by atoms with E-state index in [0.29, 0.717) is 43.7 Å². The first-order chi connectivity index (χ1) is 12.0. The highest BCUT2D eigenvalue weighted by Crippen LogP contribution is 2.29. The Morgan fingerprint density at radius 2 is 1.72 bits per heavy atom. The molecule has 6 nitrogen and oxygen atoms in total. The Bertz CT molecular complexity index is 796. The monoisotopic (exact) mass is 341 g/mol. The third-order valence-corrected chi connectivity index (χ3v) is 4.65. The van der Waals surface area contributed by atoms with Crippen LogP contribution in [0.3, 0.4) is 0 Å². The maximum atomic E-state index is 12.8. The van der Waals surface area contributed by atoms with Gasteiger partial charge in [0, 0.05) is 45.7 Å². The van der Waals surface area contributed by atoms with Crippen molar-refractivity contribution in [2.24, 2.45) is 0 Å². The van der Waals surface area contributed by atoms with E-state index in [4.69, 9.17) is 0 Å². The van der Waals surface area contributed by atoms with E-state index in [1.165, 1.54) is 0 Å². The van der Waals surface area contributed by atoms with Crippen LogP contribution < -0.4 is 0 Å². The number of phenols is 1. The fraction of sp³-hybridized carbons (Fsp3) is 0.368. The molecule has 1 fully saturated rings. The van der Waals surface area contributed by atoms with Crippen molar-refractivity contribution in [3.63, 3.8) is 0 Å². The minimum atomic E-state index is -0.165. The van der Waals surface area contributed by atoms with Crippen LogP contribution in [0.4, 0.5) is 0 Å². The topological polar surface area (TPSA) is 64.1 Å². The highest BCUT2D eigenvalue weighted by molar-refractivity contribution is 6.03. The van der Waals surface area contributed by atoms with Gasteiger partial charge in [-0.15, -0.1) is 0 Å². The zero-order chi connectivity index (χ0) is 18.0. The molecule has 0 aliphatic carbocycles. The van der Waals surface area contributed by atoms with Crippen molar-refractivity contribution in [2.45, 2.75) is 0 Å². The van der Waals surface area contributed by atoms with E-state index in [1.54, 1.807) is 30.0 Å². The number of likely N-dealkylation sites (N-methyl/N-ethyl adjacent to an activating group) is 1. The van der Waals surface area contributed by atoms with Crippen LogP contribution in [0.25, 0.3) is 10.8 Å². The van der Waals surface area contributed by atoms with Gasteiger partial charge in [0.2, 0.25) is 5.91 Å². The van der Waals surface area contributed by atoms with Gasteiger partial charge in [-0.2, -0.15) is 0 Å². The first-order valence-electron chi connectivity index (χ1n) is 8.40. The number of phenolic OH excluding ortho intramolecular Hbond substituents is 1. The molecule has 2 aromatic carbocycles. The fourth-order valence-corrected chi connectivity index (χ4v) is 3.04. The Morgan fingerprint density at radius 1 is 1.04 bits per heavy atom. The van der Waals surface area contributed by atoms with Gasteiger partial charge in [-0.3, -0.25) is 14.5 Å². The third kappa shape index (κ3) is 3.58. The predicted molar refractivity (Wildman–Crippen MR) is 96.7 cm³/mol. The highest BCUT2D eigenvalue weighted by Gasteiger charge is 2.25. The molecule has 0 radical (unpaired) electrons. The van der Waals surface area contributed by atoms with Gasteiger partial charge in [-0.05, 0) is 11.5 Å². The number of rotatable bonds is 3. The maximum Gasteiger partial charge on any atom is 0.257 e. The molecule has 0 atom stereocenters. The number of aromatic hydroxyl groups is 1. The Balaban J connectivity index is 1.69. The van der Waals surface area contributed by atoms with E-state index >= 15 is 0 Å². The normalized spacial score (nSPS) is 15.4. The Labute approximate surface area is 147 Å². The van der Waals surface area contributed by atoms with Crippen LogP contribution in [-0.4, -0.2) is 78.4 Å². The number of benzene rings is 2. The van der Waals surface area contributed by atoms with E-state index in [2.05, 4.69) is 0 Å². The summed E-state index contributed by atoms with van der Waals surface area (Å²) in [5, 5.41) is 12.1. The summed E-state index contributed by atoms with van der Waals surface area (Å²) in [5.74, 6) is -0.0675. The summed E-state index contributed by atoms with van der Waals surface area (Å²) in [5.41, 5.74) is 0.330. The van der Waals surface area contributed by atoms with Crippen molar-refractivity contribution in [1.82, 2.24) is 14.7 Å². The molecule has 0 spiro atoms. The number of amides is 2. The zero-order valence-electron chi connectivity index (χ0n) is 14.6. The molecule has 1 aliphatic heterocycles. The molecule has 25 heavy (non-hydrogen) atoms. The number of hydrogen-bond acceptors (Lipinski definition) is 4. The van der Waals surface area contributed by atoms with E-state index in [1.807, 2.05) is 35.2 Å². The van der Waals surface area contributed by atoms with Gasteiger partial charge in [0.15, 0.2) is 0 Å². The minimum absolute atomic E-state index is 0.0355. The lowest BCUT2D eigenvalue weighted by molar-refractivity contribution is -0.130. The standard InChI is InChI=1S/C19H23N3O3/c1-20(2)17(23)13-21-9-11-22(12-10-21)19(25)16-8-7-14-5-3-4-6-15(14)18(16)24/h3-8,24H,9-13H2,1-2H3. The third-order valence-electron chi connectivity index (χ3n) is 4.65. The Morgan fingerprint density at radius 3 is 2.40 bits per heavy atom. The molecule has 6 heteroatoms. The van der Waals surface area contributed by atoms with Crippen molar-refractivity contribution < 1.29 is 14.7 Å². The maximum absolute atomic E-state index is 12.8. The second-order valence-electron chi connectivity index (χ2n) is 6.54. The largest absolute Gasteiger partial charge is 0.506 e. The quantitative estimate of drug-likeness (QED) is 0.916. The first kappa shape index (κ1) is 17.2. The molecule has 132 valence electrons. The molecule has 1 heterocycles. The summed E-state index contributed by atoms with van der Waals surface area (Å²) in [6.07, 6.45) is 0. The van der Waals surface area contributed by atoms with Crippen molar-refractivity contribution in [3.8, 4) is 5.75 Å². The van der Waals surface area contributed by atoms with Crippen LogP contribution in [0.15, 0.2) is 36.4 Å². The fourth-order valence-electron chi connectivity index (χ4n) is 3.04. The van der Waals surface area contributed by atoms with E-state index in [9.17, 15) is 14.7 Å². The molecule has 1 aliphatic rings. The second kappa shape index (κ2) is 7.11. The van der Waals surface area contributed by atoms with Gasteiger partial charge in [-0.1, -0.05) is 30.3 Å². The zero-order valence-corrected chi connectivity index (χ0v) is 14.6. The number of hydrogen-bond donors (Lipinski definition) is 1. The molecule has 0 saturated carbocycles. The lowest BCUT2D eigenvalue weighted by Gasteiger charge is -2.34. The summed E-state index contributed by atoms with van der Waals surface area (Å²) in [4.78, 5) is 29.9.